The lowest BCUT2D eigenvalue weighted by Crippen LogP contribution is -2.59. The maximum atomic E-state index is 14.2. The van der Waals surface area contributed by atoms with Crippen LogP contribution in [0, 0.1) is 17.2 Å². The Bertz CT molecular complexity index is 1810. The third-order valence-electron chi connectivity index (χ3n) is 8.69. The monoisotopic (exact) mass is 758 g/mol. The molecule has 6 rings (SSSR count). The highest BCUT2D eigenvalue weighted by Crippen LogP contribution is 2.35. The fourth-order valence-electron chi connectivity index (χ4n) is 6.00. The van der Waals surface area contributed by atoms with Gasteiger partial charge in [0, 0.05) is 46.5 Å². The Hall–Kier alpha value is -4.32. The summed E-state index contributed by atoms with van der Waals surface area (Å²) in [5, 5.41) is 15.4. The topological polar surface area (TPSA) is 139 Å². The number of amides is 2. The van der Waals surface area contributed by atoms with Crippen molar-refractivity contribution in [1.29, 1.82) is 5.26 Å². The lowest BCUT2D eigenvalue weighted by atomic mass is 9.93. The largest absolute Gasteiger partial charge is 0.446 e. The number of halogens is 2. The lowest BCUT2D eigenvalue weighted by molar-refractivity contribution is -0.00780. The fraction of sp³-hybridized carbons (Fsp3) is 0.513. The maximum absolute atomic E-state index is 14.2. The standard InChI is InChI=1S/C31H32F2N6O4.C6H12O.C2H6.H2S.2H2/c1-3-8-35-14-20-10-25(30(42)39(15-20)22-5-6-22)28(40)37-26-11-21(12-27(36-26)43-18-32)23-7-4-19(13-34)9-24(23)29(41)38-16-31(2,33)17-38;1-6-3-2-4-7-5-6;1-2;;;/h4,7,9-12,15,22,35H,3,5-6,8,14,16-18H2,1-2H3,(H,36,37,40);6H,2-5H2,1H3;1-2H3;1H2;2*1H. The molecule has 11 nitrogen and oxygen atoms in total. The number of benzene rings is 1. The predicted molar refractivity (Wildman–Crippen MR) is 211 cm³/mol. The number of nitrogens with zero attached hydrogens (tertiary/aromatic N) is 4. The van der Waals surface area contributed by atoms with Gasteiger partial charge in [-0.25, -0.2) is 8.78 Å². The zero-order valence-corrected chi connectivity index (χ0v) is 32.3. The first kappa shape index (κ1) is 43.1. The number of pyridine rings is 2. The number of nitrogens with one attached hydrogen (secondary N) is 2. The summed E-state index contributed by atoms with van der Waals surface area (Å²) in [6.07, 6.45) is 7.04. The summed E-state index contributed by atoms with van der Waals surface area (Å²) >= 11 is 0. The van der Waals surface area contributed by atoms with E-state index in [1.165, 1.54) is 48.9 Å². The van der Waals surface area contributed by atoms with Crippen molar-refractivity contribution in [3.05, 3.63) is 75.2 Å². The number of anilines is 1. The Morgan fingerprint density at radius 1 is 1.15 bits per heavy atom. The second kappa shape index (κ2) is 20.2. The van der Waals surface area contributed by atoms with Crippen LogP contribution in [0.15, 0.2) is 47.4 Å². The van der Waals surface area contributed by atoms with Crippen LogP contribution in [0.1, 0.15) is 107 Å². The van der Waals surface area contributed by atoms with E-state index in [9.17, 15) is 28.4 Å². The lowest BCUT2D eigenvalue weighted by Gasteiger charge is -2.42. The van der Waals surface area contributed by atoms with E-state index in [2.05, 4.69) is 22.5 Å². The number of ether oxygens (including phenoxy) is 2. The highest BCUT2D eigenvalue weighted by Gasteiger charge is 2.42. The summed E-state index contributed by atoms with van der Waals surface area (Å²) in [5.41, 5.74) is -0.183. The van der Waals surface area contributed by atoms with E-state index in [4.69, 9.17) is 9.47 Å². The fourth-order valence-corrected chi connectivity index (χ4v) is 6.00. The number of nitriles is 1. The van der Waals surface area contributed by atoms with E-state index < -0.39 is 29.9 Å². The van der Waals surface area contributed by atoms with Crippen molar-refractivity contribution in [2.75, 3.05) is 45.0 Å². The molecule has 1 atom stereocenters. The van der Waals surface area contributed by atoms with Crippen molar-refractivity contribution in [3.8, 4) is 23.1 Å². The first-order valence-corrected chi connectivity index (χ1v) is 18.1. The van der Waals surface area contributed by atoms with Crippen molar-refractivity contribution < 1.29 is 30.7 Å². The molecule has 2 N–H and O–H groups in total. The summed E-state index contributed by atoms with van der Waals surface area (Å²) in [6.45, 7) is 11.5. The molecule has 0 spiro atoms. The molecular weight excluding hydrogens is 703 g/mol. The number of rotatable bonds is 11. The molecule has 2 saturated heterocycles. The normalized spacial score (nSPS) is 16.9. The van der Waals surface area contributed by atoms with Gasteiger partial charge in [0.05, 0.1) is 24.7 Å². The minimum absolute atomic E-state index is 0. The molecule has 1 saturated carbocycles. The maximum Gasteiger partial charge on any atom is 0.263 e. The molecule has 1 aliphatic carbocycles. The van der Waals surface area contributed by atoms with Gasteiger partial charge in [-0.15, -0.1) is 0 Å². The molecule has 53 heavy (non-hydrogen) atoms. The Morgan fingerprint density at radius 2 is 1.89 bits per heavy atom. The average Bonchev–Trinajstić information content (AvgIpc) is 3.98. The summed E-state index contributed by atoms with van der Waals surface area (Å²) < 4.78 is 39.2. The van der Waals surface area contributed by atoms with Crippen LogP contribution in [0.3, 0.4) is 0 Å². The molecule has 4 heterocycles. The summed E-state index contributed by atoms with van der Waals surface area (Å²) in [7, 11) is 0. The second-order valence-corrected chi connectivity index (χ2v) is 13.4. The number of aromatic nitrogens is 2. The molecular formula is C39H56F2N6O5S. The van der Waals surface area contributed by atoms with Crippen LogP contribution in [0.5, 0.6) is 5.88 Å². The highest BCUT2D eigenvalue weighted by molar-refractivity contribution is 7.59. The van der Waals surface area contributed by atoms with Crippen LogP contribution in [-0.2, 0) is 11.3 Å². The molecule has 3 fully saturated rings. The first-order chi connectivity index (χ1) is 25.0. The molecule has 0 bridgehead atoms. The average molecular weight is 759 g/mol. The van der Waals surface area contributed by atoms with Crippen molar-refractivity contribution in [2.24, 2.45) is 5.92 Å². The third-order valence-corrected chi connectivity index (χ3v) is 8.69. The van der Waals surface area contributed by atoms with Gasteiger partial charge in [-0.2, -0.15) is 23.7 Å². The predicted octanol–water partition coefficient (Wildman–Crippen LogP) is 7.42. The van der Waals surface area contributed by atoms with Gasteiger partial charge in [0.15, 0.2) is 0 Å². The van der Waals surface area contributed by atoms with E-state index in [1.54, 1.807) is 22.9 Å². The van der Waals surface area contributed by atoms with Gasteiger partial charge >= 0.3 is 0 Å². The number of carbonyl (C=O) groups excluding carboxylic acids is 2. The molecule has 1 unspecified atom stereocenters. The zero-order chi connectivity index (χ0) is 37.8. The van der Waals surface area contributed by atoms with Crippen molar-refractivity contribution >= 4 is 31.1 Å². The van der Waals surface area contributed by atoms with Crippen molar-refractivity contribution in [2.45, 2.75) is 85.0 Å². The summed E-state index contributed by atoms with van der Waals surface area (Å²) in [5.74, 6) is -0.584. The van der Waals surface area contributed by atoms with E-state index in [-0.39, 0.29) is 63.9 Å². The van der Waals surface area contributed by atoms with Gasteiger partial charge < -0.3 is 29.6 Å². The van der Waals surface area contributed by atoms with E-state index in [0.29, 0.717) is 17.7 Å². The van der Waals surface area contributed by atoms with Gasteiger partial charge in [0.25, 0.3) is 17.4 Å². The van der Waals surface area contributed by atoms with Crippen LogP contribution in [0.2, 0.25) is 0 Å². The molecule has 2 amide bonds. The van der Waals surface area contributed by atoms with E-state index in [1.807, 2.05) is 26.8 Å². The Labute approximate surface area is 320 Å². The van der Waals surface area contributed by atoms with Crippen molar-refractivity contribution in [3.63, 3.8) is 0 Å². The zero-order valence-electron chi connectivity index (χ0n) is 31.3. The van der Waals surface area contributed by atoms with E-state index >= 15 is 0 Å². The van der Waals surface area contributed by atoms with Crippen LogP contribution < -0.4 is 20.9 Å². The summed E-state index contributed by atoms with van der Waals surface area (Å²) in [4.78, 5) is 45.5. The molecule has 3 aliphatic rings. The van der Waals surface area contributed by atoms with Crippen LogP contribution in [-0.4, -0.2) is 71.6 Å². The second-order valence-electron chi connectivity index (χ2n) is 13.4. The molecule has 2 aliphatic heterocycles. The minimum atomic E-state index is -1.50. The molecule has 3 aromatic rings. The minimum Gasteiger partial charge on any atom is -0.446 e. The van der Waals surface area contributed by atoms with E-state index in [0.717, 1.165) is 50.5 Å². The molecule has 2 aromatic heterocycles. The van der Waals surface area contributed by atoms with Crippen LogP contribution >= 0.6 is 13.5 Å². The highest BCUT2D eigenvalue weighted by atomic mass is 32.1. The molecule has 14 heteroatoms. The quantitative estimate of drug-likeness (QED) is 0.193. The van der Waals surface area contributed by atoms with Crippen LogP contribution in [0.25, 0.3) is 11.1 Å². The van der Waals surface area contributed by atoms with Gasteiger partial charge in [0.1, 0.15) is 17.1 Å². The number of hydrogen-bond donors (Lipinski definition) is 2. The smallest absolute Gasteiger partial charge is 0.263 e. The molecule has 0 radical (unpaired) electrons. The van der Waals surface area contributed by atoms with Crippen molar-refractivity contribution in [1.82, 2.24) is 19.8 Å². The Kier molecular flexibility index (Phi) is 16.4. The van der Waals surface area contributed by atoms with Crippen LogP contribution in [0.4, 0.5) is 14.6 Å². The van der Waals surface area contributed by atoms with Gasteiger partial charge in [-0.1, -0.05) is 33.8 Å². The Morgan fingerprint density at radius 3 is 2.45 bits per heavy atom. The summed E-state index contributed by atoms with van der Waals surface area (Å²) in [6, 6.07) is 10.9. The van der Waals surface area contributed by atoms with Gasteiger partial charge in [-0.05, 0) is 92.4 Å². The SMILES string of the molecule is CC.CC1CCCOC1.CCCNCc1cc(C(=O)Nc2cc(-c3ccc(C#N)cc3C(=O)N3CC(C)(F)C3)cc(OCF)n2)c(=O)n(C2CC2)c1.S.[HH].[HH]. The van der Waals surface area contributed by atoms with Gasteiger partial charge in [0.2, 0.25) is 12.7 Å². The number of likely N-dealkylation sites (tertiary alicyclic amines) is 1. The molecule has 292 valence electrons. The third kappa shape index (κ3) is 11.8. The number of carbonyl (C=O) groups is 2. The first-order valence-electron chi connectivity index (χ1n) is 18.1. The Balaban J connectivity index is 0.00000112. The molecule has 1 aromatic carbocycles. The number of alkyl halides is 2. The number of hydrogen-bond acceptors (Lipinski definition) is 8. The van der Waals surface area contributed by atoms with Gasteiger partial charge in [-0.3, -0.25) is 14.4 Å².